The molecule has 178 valence electrons. The highest BCUT2D eigenvalue weighted by atomic mass is 16.5. The van der Waals surface area contributed by atoms with Gasteiger partial charge in [0.05, 0.1) is 5.92 Å². The number of ether oxygens (including phenoxy) is 1. The van der Waals surface area contributed by atoms with E-state index < -0.39 is 0 Å². The van der Waals surface area contributed by atoms with Crippen LogP contribution in [0.4, 0.5) is 0 Å². The van der Waals surface area contributed by atoms with Crippen LogP contribution in [0.2, 0.25) is 0 Å². The molecule has 33 heavy (non-hydrogen) atoms. The van der Waals surface area contributed by atoms with Gasteiger partial charge in [-0.25, -0.2) is 0 Å². The van der Waals surface area contributed by atoms with Crippen molar-refractivity contribution in [3.05, 3.63) is 65.2 Å². The fourth-order valence-electron chi connectivity index (χ4n) is 6.11. The van der Waals surface area contributed by atoms with Gasteiger partial charge < -0.3 is 4.74 Å². The predicted octanol–water partition coefficient (Wildman–Crippen LogP) is 8.59. The monoisotopic (exact) mass is 446 g/mol. The van der Waals surface area contributed by atoms with Crippen LogP contribution >= 0.6 is 0 Å². The number of carbonyl (C=O) groups excluding carboxylic acids is 1. The van der Waals surface area contributed by atoms with Crippen LogP contribution in [0.5, 0.6) is 5.75 Å². The third-order valence-electron chi connectivity index (χ3n) is 8.16. The molecule has 0 heterocycles. The van der Waals surface area contributed by atoms with Gasteiger partial charge in [0, 0.05) is 0 Å². The Bertz CT molecular complexity index is 851. The Morgan fingerprint density at radius 3 is 1.82 bits per heavy atom. The van der Waals surface area contributed by atoms with E-state index in [1.807, 2.05) is 12.1 Å². The zero-order chi connectivity index (χ0) is 23.0. The van der Waals surface area contributed by atoms with Gasteiger partial charge in [0.2, 0.25) is 0 Å². The smallest absolute Gasteiger partial charge is 0.314 e. The molecule has 0 aliphatic heterocycles. The highest BCUT2D eigenvalue weighted by Gasteiger charge is 2.28. The second-order valence-electron chi connectivity index (χ2n) is 10.5. The Hall–Kier alpha value is -2.09. The van der Waals surface area contributed by atoms with Crippen LogP contribution in [0.1, 0.15) is 113 Å². The van der Waals surface area contributed by atoms with E-state index in [-0.39, 0.29) is 11.9 Å². The first-order valence-electron chi connectivity index (χ1n) is 13.6. The molecule has 2 aliphatic rings. The van der Waals surface area contributed by atoms with Crippen molar-refractivity contribution in [2.24, 2.45) is 11.8 Å². The number of benzene rings is 2. The molecule has 0 aromatic heterocycles. The summed E-state index contributed by atoms with van der Waals surface area (Å²) in [6.07, 6.45) is 14.4. The van der Waals surface area contributed by atoms with E-state index in [1.54, 1.807) is 0 Å². The van der Waals surface area contributed by atoms with E-state index in [0.717, 1.165) is 38.0 Å². The van der Waals surface area contributed by atoms with E-state index in [1.165, 1.54) is 61.6 Å². The molecule has 0 bridgehead atoms. The first-order valence-corrected chi connectivity index (χ1v) is 13.6. The minimum atomic E-state index is -0.0421. The zero-order valence-corrected chi connectivity index (χ0v) is 20.7. The lowest BCUT2D eigenvalue weighted by Gasteiger charge is -2.29. The minimum absolute atomic E-state index is 0.0362. The fraction of sp³-hybridized carbons (Fsp3) is 0.581. The molecule has 2 saturated carbocycles. The summed E-state index contributed by atoms with van der Waals surface area (Å²) in [5.41, 5.74) is 4.27. The molecular formula is C31H42O2. The van der Waals surface area contributed by atoms with E-state index in [0.29, 0.717) is 17.6 Å². The first kappa shape index (κ1) is 24.0. The second-order valence-corrected chi connectivity index (χ2v) is 10.5. The molecule has 2 aromatic carbocycles. The van der Waals surface area contributed by atoms with Crippen molar-refractivity contribution >= 4 is 5.97 Å². The maximum atomic E-state index is 12.8. The summed E-state index contributed by atoms with van der Waals surface area (Å²) in [6.45, 7) is 4.52. The zero-order valence-electron chi connectivity index (χ0n) is 20.7. The van der Waals surface area contributed by atoms with Gasteiger partial charge in [-0.15, -0.1) is 0 Å². The minimum Gasteiger partial charge on any atom is -0.426 e. The molecule has 2 aromatic rings. The topological polar surface area (TPSA) is 26.3 Å². The number of aryl methyl sites for hydroxylation is 1. The Labute approximate surface area is 201 Å². The van der Waals surface area contributed by atoms with Crippen molar-refractivity contribution in [3.8, 4) is 5.75 Å². The Morgan fingerprint density at radius 2 is 1.27 bits per heavy atom. The molecule has 2 nitrogen and oxygen atoms in total. The Kier molecular flexibility index (Phi) is 8.64. The second kappa shape index (κ2) is 11.9. The van der Waals surface area contributed by atoms with Gasteiger partial charge in [-0.1, -0.05) is 69.5 Å². The van der Waals surface area contributed by atoms with Gasteiger partial charge in [-0.3, -0.25) is 4.79 Å². The Balaban J connectivity index is 1.23. The normalized spacial score (nSPS) is 25.5. The number of rotatable bonds is 8. The van der Waals surface area contributed by atoms with E-state index in [2.05, 4.69) is 50.2 Å². The lowest BCUT2D eigenvalue weighted by molar-refractivity contribution is -0.140. The van der Waals surface area contributed by atoms with Crippen molar-refractivity contribution in [3.63, 3.8) is 0 Å². The van der Waals surface area contributed by atoms with Crippen molar-refractivity contribution in [1.82, 2.24) is 0 Å². The third kappa shape index (κ3) is 6.49. The molecule has 0 saturated heterocycles. The molecule has 0 atom stereocenters. The van der Waals surface area contributed by atoms with Gasteiger partial charge in [0.1, 0.15) is 5.75 Å². The fourth-order valence-corrected chi connectivity index (χ4v) is 6.11. The van der Waals surface area contributed by atoms with Crippen molar-refractivity contribution in [1.29, 1.82) is 0 Å². The van der Waals surface area contributed by atoms with Gasteiger partial charge in [-0.2, -0.15) is 0 Å². The van der Waals surface area contributed by atoms with Crippen LogP contribution in [0.3, 0.4) is 0 Å². The van der Waals surface area contributed by atoms with Gasteiger partial charge in [-0.05, 0) is 104 Å². The number of esters is 1. The average Bonchev–Trinajstić information content (AvgIpc) is 2.86. The summed E-state index contributed by atoms with van der Waals surface area (Å²) in [4.78, 5) is 12.8. The molecule has 0 N–H and O–H groups in total. The van der Waals surface area contributed by atoms with Gasteiger partial charge >= 0.3 is 5.97 Å². The molecule has 2 fully saturated rings. The van der Waals surface area contributed by atoms with Crippen LogP contribution in [0.15, 0.2) is 48.5 Å². The SMILES string of the molecule is CCCc1ccc([C@H]2CC[C@H](C(=O)Oc3ccc([C@H]4CC[C@H](CCC)CC4)cc3)CC2)cc1. The van der Waals surface area contributed by atoms with Crippen molar-refractivity contribution < 1.29 is 9.53 Å². The summed E-state index contributed by atoms with van der Waals surface area (Å²) in [7, 11) is 0. The maximum Gasteiger partial charge on any atom is 0.314 e. The highest BCUT2D eigenvalue weighted by molar-refractivity contribution is 5.75. The van der Waals surface area contributed by atoms with Crippen LogP contribution in [0, 0.1) is 11.8 Å². The summed E-state index contributed by atoms with van der Waals surface area (Å²) < 4.78 is 5.79. The molecular weight excluding hydrogens is 404 g/mol. The summed E-state index contributed by atoms with van der Waals surface area (Å²) in [5.74, 6) is 2.89. The average molecular weight is 447 g/mol. The van der Waals surface area contributed by atoms with E-state index >= 15 is 0 Å². The van der Waals surface area contributed by atoms with Gasteiger partial charge in [0.25, 0.3) is 0 Å². The molecule has 2 heteroatoms. The quantitative estimate of drug-likeness (QED) is 0.300. The maximum absolute atomic E-state index is 12.8. The molecule has 0 radical (unpaired) electrons. The standard InChI is InChI=1S/C31H42O2/c1-3-5-23-7-11-25(12-8-23)27-15-17-29(18-16-27)31(32)33-30-21-19-28(20-22-30)26-13-9-24(6-4-2)10-14-26/h7-8,11-12,19-22,24,26-27,29H,3-6,9-10,13-18H2,1-2H3/t24-,26-,27-,29-. The Morgan fingerprint density at radius 1 is 0.727 bits per heavy atom. The van der Waals surface area contributed by atoms with E-state index in [9.17, 15) is 4.79 Å². The first-order chi connectivity index (χ1) is 16.2. The lowest BCUT2D eigenvalue weighted by Crippen LogP contribution is -2.25. The number of hydrogen-bond acceptors (Lipinski definition) is 2. The number of hydrogen-bond donors (Lipinski definition) is 0. The molecule has 0 spiro atoms. The van der Waals surface area contributed by atoms with Crippen molar-refractivity contribution in [2.45, 2.75) is 103 Å². The molecule has 2 aliphatic carbocycles. The molecule has 0 unspecified atom stereocenters. The summed E-state index contributed by atoms with van der Waals surface area (Å²) in [6, 6.07) is 17.5. The molecule has 0 amide bonds. The van der Waals surface area contributed by atoms with Crippen LogP contribution in [0.25, 0.3) is 0 Å². The van der Waals surface area contributed by atoms with Crippen LogP contribution in [-0.2, 0) is 11.2 Å². The van der Waals surface area contributed by atoms with Crippen LogP contribution < -0.4 is 4.74 Å². The summed E-state index contributed by atoms with van der Waals surface area (Å²) in [5, 5.41) is 0. The highest BCUT2D eigenvalue weighted by Crippen LogP contribution is 2.39. The molecule has 4 rings (SSSR count). The van der Waals surface area contributed by atoms with Crippen LogP contribution in [-0.4, -0.2) is 5.97 Å². The van der Waals surface area contributed by atoms with E-state index in [4.69, 9.17) is 4.74 Å². The van der Waals surface area contributed by atoms with Crippen molar-refractivity contribution in [2.75, 3.05) is 0 Å². The third-order valence-corrected chi connectivity index (χ3v) is 8.16. The lowest BCUT2D eigenvalue weighted by atomic mass is 9.77. The summed E-state index contributed by atoms with van der Waals surface area (Å²) >= 11 is 0. The predicted molar refractivity (Wildman–Crippen MR) is 137 cm³/mol. The van der Waals surface area contributed by atoms with Gasteiger partial charge in [0.15, 0.2) is 0 Å². The number of carbonyl (C=O) groups is 1. The largest absolute Gasteiger partial charge is 0.426 e.